The van der Waals surface area contributed by atoms with Crippen LogP contribution in [0.1, 0.15) is 38.1 Å². The number of rotatable bonds is 3. The summed E-state index contributed by atoms with van der Waals surface area (Å²) in [4.78, 5) is 11.6. The number of anilines is 1. The summed E-state index contributed by atoms with van der Waals surface area (Å²) in [5.41, 5.74) is 9.16. The Kier molecular flexibility index (Phi) is 4.26. The van der Waals surface area contributed by atoms with Crippen molar-refractivity contribution in [3.8, 4) is 22.5 Å². The van der Waals surface area contributed by atoms with Crippen LogP contribution in [0.15, 0.2) is 36.8 Å². The molecule has 3 N–H and O–H groups in total. The van der Waals surface area contributed by atoms with Crippen molar-refractivity contribution in [1.82, 2.24) is 24.7 Å². The quantitative estimate of drug-likeness (QED) is 0.520. The molecular weight excluding hydrogens is 374 g/mol. The van der Waals surface area contributed by atoms with Gasteiger partial charge in [0.05, 0.1) is 28.8 Å². The first-order valence-electron chi connectivity index (χ1n) is 9.73. The van der Waals surface area contributed by atoms with Gasteiger partial charge in [-0.2, -0.15) is 5.10 Å². The maximum atomic E-state index is 13.5. The summed E-state index contributed by atoms with van der Waals surface area (Å²) in [6.45, 7) is 0. The lowest BCUT2D eigenvalue weighted by atomic mass is 9.96. The summed E-state index contributed by atoms with van der Waals surface area (Å²) < 4.78 is 29.1. The standard InChI is InChI=1S/C21H20F2N6/c22-16-7-18-19(8-17(16)23)28-21(27-18)15-6-12(9-25-20(15)24)13-10-26-29(11-13)14-4-2-1-3-5-14/h6-11,14H,1-5H2,(H2,24,25)(H,27,28). The smallest absolute Gasteiger partial charge is 0.161 e. The predicted octanol–water partition coefficient (Wildman–Crippen LogP) is 4.85. The van der Waals surface area contributed by atoms with Crippen LogP contribution in [-0.2, 0) is 0 Å². The molecule has 0 saturated heterocycles. The summed E-state index contributed by atoms with van der Waals surface area (Å²) in [6, 6.07) is 4.46. The normalized spacial score (nSPS) is 15.2. The molecule has 29 heavy (non-hydrogen) atoms. The second-order valence-corrected chi connectivity index (χ2v) is 7.53. The molecule has 1 aliphatic carbocycles. The van der Waals surface area contributed by atoms with E-state index in [0.717, 1.165) is 36.1 Å². The molecule has 8 heteroatoms. The fourth-order valence-corrected chi connectivity index (χ4v) is 3.99. The van der Waals surface area contributed by atoms with E-state index < -0.39 is 11.6 Å². The van der Waals surface area contributed by atoms with E-state index in [4.69, 9.17) is 5.73 Å². The minimum atomic E-state index is -0.939. The molecule has 3 aromatic heterocycles. The molecular formula is C21H20F2N6. The van der Waals surface area contributed by atoms with E-state index >= 15 is 0 Å². The lowest BCUT2D eigenvalue weighted by molar-refractivity contribution is 0.329. The van der Waals surface area contributed by atoms with Gasteiger partial charge in [-0.25, -0.2) is 18.7 Å². The number of aromatic nitrogens is 5. The van der Waals surface area contributed by atoms with Crippen molar-refractivity contribution in [2.45, 2.75) is 38.1 Å². The zero-order valence-electron chi connectivity index (χ0n) is 15.7. The first-order chi connectivity index (χ1) is 14.1. The van der Waals surface area contributed by atoms with Gasteiger partial charge in [0.25, 0.3) is 0 Å². The van der Waals surface area contributed by atoms with Crippen molar-refractivity contribution in [3.05, 3.63) is 48.4 Å². The molecule has 0 radical (unpaired) electrons. The molecule has 1 aromatic carbocycles. The minimum absolute atomic E-state index is 0.286. The number of nitrogens with two attached hydrogens (primary N) is 1. The molecule has 5 rings (SSSR count). The van der Waals surface area contributed by atoms with Gasteiger partial charge in [0, 0.05) is 35.7 Å². The summed E-state index contributed by atoms with van der Waals surface area (Å²) in [7, 11) is 0. The number of nitrogens with zero attached hydrogens (tertiary/aromatic N) is 4. The number of imidazole rings is 1. The topological polar surface area (TPSA) is 85.4 Å². The van der Waals surface area contributed by atoms with Crippen molar-refractivity contribution < 1.29 is 8.78 Å². The van der Waals surface area contributed by atoms with Gasteiger partial charge in [-0.15, -0.1) is 0 Å². The molecule has 6 nitrogen and oxygen atoms in total. The molecule has 0 atom stereocenters. The van der Waals surface area contributed by atoms with Gasteiger partial charge < -0.3 is 10.7 Å². The summed E-state index contributed by atoms with van der Waals surface area (Å²) in [5, 5.41) is 4.55. The third-order valence-electron chi connectivity index (χ3n) is 5.58. The third kappa shape index (κ3) is 3.24. The average molecular weight is 394 g/mol. The number of fused-ring (bicyclic) bond motifs is 1. The fraction of sp³-hybridized carbons (Fsp3) is 0.286. The van der Waals surface area contributed by atoms with E-state index in [9.17, 15) is 8.78 Å². The Morgan fingerprint density at radius 2 is 1.79 bits per heavy atom. The minimum Gasteiger partial charge on any atom is -0.383 e. The van der Waals surface area contributed by atoms with Crippen molar-refractivity contribution in [2.75, 3.05) is 5.73 Å². The third-order valence-corrected chi connectivity index (χ3v) is 5.58. The van der Waals surface area contributed by atoms with Crippen LogP contribution in [0.3, 0.4) is 0 Å². The molecule has 148 valence electrons. The Balaban J connectivity index is 1.51. The number of aromatic amines is 1. The highest BCUT2D eigenvalue weighted by Gasteiger charge is 2.18. The Hall–Kier alpha value is -3.29. The lowest BCUT2D eigenvalue weighted by Crippen LogP contribution is -2.12. The number of nitrogens with one attached hydrogen (secondary N) is 1. The molecule has 0 bridgehead atoms. The van der Waals surface area contributed by atoms with Crippen LogP contribution in [0.2, 0.25) is 0 Å². The van der Waals surface area contributed by atoms with Crippen molar-refractivity contribution in [1.29, 1.82) is 0 Å². The lowest BCUT2D eigenvalue weighted by Gasteiger charge is -2.21. The molecule has 0 spiro atoms. The maximum absolute atomic E-state index is 13.5. The van der Waals surface area contributed by atoms with Crippen molar-refractivity contribution >= 4 is 16.9 Å². The molecule has 1 saturated carbocycles. The van der Waals surface area contributed by atoms with Gasteiger partial charge in [-0.3, -0.25) is 4.68 Å². The SMILES string of the molecule is Nc1ncc(-c2cnn(C3CCCCC3)c2)cc1-c1nc2cc(F)c(F)cc2[nH]1. The van der Waals surface area contributed by atoms with Gasteiger partial charge in [-0.1, -0.05) is 19.3 Å². The number of nitrogen functional groups attached to an aromatic ring is 1. The monoisotopic (exact) mass is 394 g/mol. The highest BCUT2D eigenvalue weighted by atomic mass is 19.2. The number of hydrogen-bond donors (Lipinski definition) is 2. The second-order valence-electron chi connectivity index (χ2n) is 7.53. The molecule has 1 aliphatic rings. The van der Waals surface area contributed by atoms with Crippen LogP contribution in [0, 0.1) is 11.6 Å². The Morgan fingerprint density at radius 3 is 2.62 bits per heavy atom. The van der Waals surface area contributed by atoms with E-state index in [-0.39, 0.29) is 5.82 Å². The van der Waals surface area contributed by atoms with Crippen LogP contribution in [0.25, 0.3) is 33.5 Å². The molecule has 0 amide bonds. The number of H-pyrrole nitrogens is 1. The fourth-order valence-electron chi connectivity index (χ4n) is 3.99. The zero-order chi connectivity index (χ0) is 20.0. The Morgan fingerprint density at radius 1 is 1.00 bits per heavy atom. The molecule has 0 unspecified atom stereocenters. The van der Waals surface area contributed by atoms with Crippen LogP contribution in [0.5, 0.6) is 0 Å². The van der Waals surface area contributed by atoms with Crippen molar-refractivity contribution in [2.24, 2.45) is 0 Å². The first-order valence-corrected chi connectivity index (χ1v) is 9.73. The second kappa shape index (κ2) is 6.95. The largest absolute Gasteiger partial charge is 0.383 e. The Bertz CT molecular complexity index is 1150. The highest BCUT2D eigenvalue weighted by molar-refractivity contribution is 5.83. The van der Waals surface area contributed by atoms with Gasteiger partial charge in [-0.05, 0) is 18.9 Å². The number of hydrogen-bond acceptors (Lipinski definition) is 4. The zero-order valence-corrected chi connectivity index (χ0v) is 15.7. The van der Waals surface area contributed by atoms with Crippen molar-refractivity contribution in [3.63, 3.8) is 0 Å². The van der Waals surface area contributed by atoms with Gasteiger partial charge >= 0.3 is 0 Å². The first kappa shape index (κ1) is 17.8. The summed E-state index contributed by atoms with van der Waals surface area (Å²) in [5.74, 6) is -1.17. The Labute approximate surface area is 165 Å². The summed E-state index contributed by atoms with van der Waals surface area (Å²) in [6.07, 6.45) is 11.6. The molecule has 4 aromatic rings. The van der Waals surface area contributed by atoms with Crippen LogP contribution >= 0.6 is 0 Å². The highest BCUT2D eigenvalue weighted by Crippen LogP contribution is 2.32. The number of benzene rings is 1. The summed E-state index contributed by atoms with van der Waals surface area (Å²) >= 11 is 0. The van der Waals surface area contributed by atoms with E-state index in [2.05, 4.69) is 20.1 Å². The molecule has 0 aliphatic heterocycles. The van der Waals surface area contributed by atoms with Gasteiger partial charge in [0.2, 0.25) is 0 Å². The maximum Gasteiger partial charge on any atom is 0.161 e. The van der Waals surface area contributed by atoms with E-state index in [1.165, 1.54) is 19.3 Å². The number of pyridine rings is 1. The van der Waals surface area contributed by atoms with E-state index in [1.54, 1.807) is 6.20 Å². The van der Waals surface area contributed by atoms with Gasteiger partial charge in [0.15, 0.2) is 11.6 Å². The van der Waals surface area contributed by atoms with E-state index in [1.807, 2.05) is 23.1 Å². The van der Waals surface area contributed by atoms with Crippen LogP contribution in [-0.4, -0.2) is 24.7 Å². The van der Waals surface area contributed by atoms with Crippen LogP contribution < -0.4 is 5.73 Å². The number of halogens is 2. The molecule has 1 fully saturated rings. The van der Waals surface area contributed by atoms with Crippen LogP contribution in [0.4, 0.5) is 14.6 Å². The molecule has 3 heterocycles. The predicted molar refractivity (Wildman–Crippen MR) is 107 cm³/mol. The average Bonchev–Trinajstić information content (AvgIpc) is 3.37. The van der Waals surface area contributed by atoms with E-state index in [0.29, 0.717) is 28.5 Å². The van der Waals surface area contributed by atoms with Gasteiger partial charge in [0.1, 0.15) is 11.6 Å².